The quantitative estimate of drug-likeness (QED) is 0.691. The smallest absolute Gasteiger partial charge is 0.315 e. The van der Waals surface area contributed by atoms with Crippen molar-refractivity contribution in [3.05, 3.63) is 16.6 Å². The first-order chi connectivity index (χ1) is 9.62. The van der Waals surface area contributed by atoms with E-state index in [9.17, 15) is 9.90 Å². The third-order valence-electron chi connectivity index (χ3n) is 3.53. The molecular formula is C14H25N3O2S. The lowest BCUT2D eigenvalue weighted by Crippen LogP contribution is -2.42. The minimum absolute atomic E-state index is 0.0692. The predicted octanol–water partition coefficient (Wildman–Crippen LogP) is 2.69. The van der Waals surface area contributed by atoms with E-state index in [2.05, 4.69) is 15.6 Å². The van der Waals surface area contributed by atoms with Crippen LogP contribution >= 0.6 is 11.3 Å². The third-order valence-corrected chi connectivity index (χ3v) is 4.42. The fourth-order valence-corrected chi connectivity index (χ4v) is 2.92. The highest BCUT2D eigenvalue weighted by Crippen LogP contribution is 2.18. The molecule has 0 radical (unpaired) electrons. The van der Waals surface area contributed by atoms with E-state index in [4.69, 9.17) is 0 Å². The van der Waals surface area contributed by atoms with Gasteiger partial charge in [-0.25, -0.2) is 9.78 Å². The first-order valence-electron chi connectivity index (χ1n) is 7.24. The number of amides is 2. The number of hydrogen-bond donors (Lipinski definition) is 3. The van der Waals surface area contributed by atoms with Gasteiger partial charge in [0, 0.05) is 18.1 Å². The highest BCUT2D eigenvalue weighted by atomic mass is 32.1. The Balaban J connectivity index is 2.39. The maximum atomic E-state index is 11.9. The molecule has 0 aliphatic heterocycles. The van der Waals surface area contributed by atoms with Crippen LogP contribution in [0.15, 0.2) is 11.6 Å². The van der Waals surface area contributed by atoms with Crippen molar-refractivity contribution in [1.29, 1.82) is 0 Å². The predicted molar refractivity (Wildman–Crippen MR) is 81.8 cm³/mol. The first kappa shape index (κ1) is 16.9. The topological polar surface area (TPSA) is 74.2 Å². The van der Waals surface area contributed by atoms with E-state index in [1.165, 1.54) is 11.3 Å². The summed E-state index contributed by atoms with van der Waals surface area (Å²) in [4.78, 5) is 16.1. The van der Waals surface area contributed by atoms with Crippen molar-refractivity contribution in [1.82, 2.24) is 15.6 Å². The summed E-state index contributed by atoms with van der Waals surface area (Å²) >= 11 is 1.53. The van der Waals surface area contributed by atoms with Crippen LogP contribution in [0, 0.1) is 5.92 Å². The van der Waals surface area contributed by atoms with Crippen molar-refractivity contribution in [2.75, 3.05) is 6.54 Å². The Labute approximate surface area is 124 Å². The number of aliphatic hydroxyl groups excluding tert-OH is 1. The van der Waals surface area contributed by atoms with Crippen LogP contribution in [0.5, 0.6) is 0 Å². The second kappa shape index (κ2) is 8.92. The Morgan fingerprint density at radius 1 is 1.35 bits per heavy atom. The molecule has 1 rings (SSSR count). The van der Waals surface area contributed by atoms with E-state index >= 15 is 0 Å². The Kier molecular flexibility index (Phi) is 7.54. The van der Waals surface area contributed by atoms with Crippen molar-refractivity contribution >= 4 is 17.4 Å². The minimum Gasteiger partial charge on any atom is -0.391 e. The van der Waals surface area contributed by atoms with E-state index < -0.39 is 6.10 Å². The molecule has 1 aromatic rings. The number of carbonyl (C=O) groups excluding carboxylic acids is 1. The number of nitrogens with one attached hydrogen (secondary N) is 2. The number of rotatable bonds is 8. The largest absolute Gasteiger partial charge is 0.391 e. The molecule has 1 heterocycles. The maximum absolute atomic E-state index is 11.9. The highest BCUT2D eigenvalue weighted by Gasteiger charge is 2.18. The minimum atomic E-state index is -0.490. The van der Waals surface area contributed by atoms with Crippen LogP contribution in [0.1, 0.15) is 51.1 Å². The molecule has 0 aromatic carbocycles. The molecule has 3 N–H and O–H groups in total. The standard InChI is InChI=1S/C14H25N3O2S/c1-4-10(5-2)12(18)9-16-14(19)17-11(6-3)13-15-7-8-20-13/h7-8,10-12,18H,4-6,9H2,1-3H3,(H2,16,17,19). The first-order valence-corrected chi connectivity index (χ1v) is 8.12. The lowest BCUT2D eigenvalue weighted by atomic mass is 9.97. The van der Waals surface area contributed by atoms with E-state index in [1.807, 2.05) is 26.2 Å². The summed E-state index contributed by atoms with van der Waals surface area (Å²) in [6.07, 6.45) is 3.86. The van der Waals surface area contributed by atoms with Gasteiger partial charge in [-0.15, -0.1) is 11.3 Å². The van der Waals surface area contributed by atoms with Crippen molar-refractivity contribution in [3.63, 3.8) is 0 Å². The van der Waals surface area contributed by atoms with E-state index in [0.29, 0.717) is 0 Å². The second-order valence-electron chi connectivity index (χ2n) is 4.83. The number of hydrogen-bond acceptors (Lipinski definition) is 4. The molecule has 0 saturated heterocycles. The van der Waals surface area contributed by atoms with Crippen LogP contribution in [-0.4, -0.2) is 28.8 Å². The van der Waals surface area contributed by atoms with Crippen molar-refractivity contribution < 1.29 is 9.90 Å². The van der Waals surface area contributed by atoms with Crippen LogP contribution in [0.4, 0.5) is 4.79 Å². The number of thiazole rings is 1. The van der Waals surface area contributed by atoms with Gasteiger partial charge in [0.2, 0.25) is 0 Å². The number of nitrogens with zero attached hydrogens (tertiary/aromatic N) is 1. The summed E-state index contributed by atoms with van der Waals surface area (Å²) in [7, 11) is 0. The molecule has 114 valence electrons. The fraction of sp³-hybridized carbons (Fsp3) is 0.714. The molecule has 0 saturated carbocycles. The highest BCUT2D eigenvalue weighted by molar-refractivity contribution is 7.09. The summed E-state index contributed by atoms with van der Waals surface area (Å²) in [6.45, 7) is 6.39. The summed E-state index contributed by atoms with van der Waals surface area (Å²) in [6, 6.07) is -0.322. The molecule has 0 fully saturated rings. The Morgan fingerprint density at radius 2 is 2.05 bits per heavy atom. The molecule has 2 atom stereocenters. The van der Waals surface area contributed by atoms with E-state index in [1.54, 1.807) is 6.20 Å². The van der Waals surface area contributed by atoms with Crippen LogP contribution < -0.4 is 10.6 Å². The molecule has 0 aliphatic carbocycles. The molecule has 0 aliphatic rings. The average molecular weight is 299 g/mol. The number of urea groups is 1. The number of aliphatic hydroxyl groups is 1. The molecule has 1 aromatic heterocycles. The lowest BCUT2D eigenvalue weighted by Gasteiger charge is -2.21. The van der Waals surface area contributed by atoms with Gasteiger partial charge in [0.05, 0.1) is 12.1 Å². The molecule has 0 bridgehead atoms. The van der Waals surface area contributed by atoms with Crippen molar-refractivity contribution in [2.24, 2.45) is 5.92 Å². The van der Waals surface area contributed by atoms with Crippen molar-refractivity contribution in [2.45, 2.75) is 52.2 Å². The van der Waals surface area contributed by atoms with Crippen LogP contribution in [0.3, 0.4) is 0 Å². The molecule has 2 amide bonds. The number of carbonyl (C=O) groups is 1. The van der Waals surface area contributed by atoms with E-state index in [-0.39, 0.29) is 24.5 Å². The molecule has 20 heavy (non-hydrogen) atoms. The summed E-state index contributed by atoms with van der Waals surface area (Å²) in [5, 5.41) is 18.4. The summed E-state index contributed by atoms with van der Waals surface area (Å²) < 4.78 is 0. The monoisotopic (exact) mass is 299 g/mol. The van der Waals surface area contributed by atoms with Gasteiger partial charge < -0.3 is 15.7 Å². The molecule has 0 spiro atoms. The Hall–Kier alpha value is -1.14. The van der Waals surface area contributed by atoms with Gasteiger partial charge in [-0.3, -0.25) is 0 Å². The van der Waals surface area contributed by atoms with Crippen LogP contribution in [0.2, 0.25) is 0 Å². The van der Waals surface area contributed by atoms with Crippen LogP contribution in [0.25, 0.3) is 0 Å². The Morgan fingerprint density at radius 3 is 2.55 bits per heavy atom. The van der Waals surface area contributed by atoms with Gasteiger partial charge in [0.15, 0.2) is 0 Å². The zero-order valence-electron chi connectivity index (χ0n) is 12.4. The second-order valence-corrected chi connectivity index (χ2v) is 5.76. The SMILES string of the molecule is CCC(NC(=O)NCC(O)C(CC)CC)c1nccs1. The van der Waals surface area contributed by atoms with Crippen LogP contribution in [-0.2, 0) is 0 Å². The molecule has 5 nitrogen and oxygen atoms in total. The summed E-state index contributed by atoms with van der Waals surface area (Å²) in [5.41, 5.74) is 0. The zero-order chi connectivity index (χ0) is 15.0. The fourth-order valence-electron chi connectivity index (χ4n) is 2.15. The normalized spacial score (nSPS) is 14.1. The van der Waals surface area contributed by atoms with Gasteiger partial charge >= 0.3 is 6.03 Å². The van der Waals surface area contributed by atoms with Crippen molar-refractivity contribution in [3.8, 4) is 0 Å². The molecular weight excluding hydrogens is 274 g/mol. The maximum Gasteiger partial charge on any atom is 0.315 e. The average Bonchev–Trinajstić information content (AvgIpc) is 2.97. The molecule has 6 heteroatoms. The Bertz CT molecular complexity index is 380. The van der Waals surface area contributed by atoms with Gasteiger partial charge in [-0.05, 0) is 12.3 Å². The lowest BCUT2D eigenvalue weighted by molar-refractivity contribution is 0.103. The third kappa shape index (κ3) is 5.09. The van der Waals surface area contributed by atoms with Gasteiger partial charge in [-0.2, -0.15) is 0 Å². The summed E-state index contributed by atoms with van der Waals surface area (Å²) in [5.74, 6) is 0.233. The van der Waals surface area contributed by atoms with Gasteiger partial charge in [-0.1, -0.05) is 33.6 Å². The van der Waals surface area contributed by atoms with E-state index in [0.717, 1.165) is 24.3 Å². The van der Waals surface area contributed by atoms with Gasteiger partial charge in [0.1, 0.15) is 5.01 Å². The molecule has 2 unspecified atom stereocenters. The number of aromatic nitrogens is 1. The zero-order valence-corrected chi connectivity index (χ0v) is 13.2. The van der Waals surface area contributed by atoms with Gasteiger partial charge in [0.25, 0.3) is 0 Å².